The second-order valence-electron chi connectivity index (χ2n) is 9.13. The van der Waals surface area contributed by atoms with Crippen LogP contribution >= 0.6 is 0 Å². The van der Waals surface area contributed by atoms with Gasteiger partial charge in [-0.15, -0.1) is 0 Å². The van der Waals surface area contributed by atoms with E-state index in [9.17, 15) is 18.0 Å². The first-order valence-electron chi connectivity index (χ1n) is 9.91. The molecule has 1 aromatic heterocycles. The number of hydrogen-bond acceptors (Lipinski definition) is 3. The van der Waals surface area contributed by atoms with E-state index in [0.29, 0.717) is 24.6 Å². The zero-order chi connectivity index (χ0) is 20.6. The maximum atomic E-state index is 13.2. The second-order valence-corrected chi connectivity index (χ2v) is 9.13. The van der Waals surface area contributed by atoms with E-state index >= 15 is 0 Å². The van der Waals surface area contributed by atoms with Crippen molar-refractivity contribution in [1.82, 2.24) is 14.7 Å². The molecule has 1 aliphatic carbocycles. The average molecular weight is 404 g/mol. The summed E-state index contributed by atoms with van der Waals surface area (Å²) in [5.74, 6) is 1.00. The Balaban J connectivity index is 1.37. The Hall–Kier alpha value is -2.51. The van der Waals surface area contributed by atoms with E-state index < -0.39 is 11.7 Å². The van der Waals surface area contributed by atoms with Crippen LogP contribution in [0.5, 0.6) is 0 Å². The number of likely N-dealkylation sites (tertiary alicyclic amines) is 1. The highest BCUT2D eigenvalue weighted by atomic mass is 19.4. The van der Waals surface area contributed by atoms with Gasteiger partial charge in [0, 0.05) is 25.0 Å². The van der Waals surface area contributed by atoms with Crippen LogP contribution in [0.1, 0.15) is 48.2 Å². The Morgan fingerprint density at radius 3 is 2.66 bits per heavy atom. The molecule has 3 heterocycles. The monoisotopic (exact) mass is 404 g/mol. The number of piperidine rings is 1. The molecule has 154 valence electrons. The molecule has 1 saturated heterocycles. The van der Waals surface area contributed by atoms with Crippen LogP contribution in [-0.4, -0.2) is 40.2 Å². The fraction of sp³-hybridized carbons (Fsp3) is 0.524. The maximum Gasteiger partial charge on any atom is 0.416 e. The first kappa shape index (κ1) is 18.5. The Morgan fingerprint density at radius 1 is 1.24 bits per heavy atom. The van der Waals surface area contributed by atoms with Crippen LogP contribution in [0.3, 0.4) is 0 Å². The molecule has 2 aliphatic heterocycles. The normalized spacial score (nSPS) is 27.2. The van der Waals surface area contributed by atoms with Gasteiger partial charge in [-0.3, -0.25) is 4.79 Å². The molecule has 5 nitrogen and oxygen atoms in total. The number of carbonyl (C=O) groups is 1. The molecular formula is C21H23F3N4O. The highest BCUT2D eigenvalue weighted by Crippen LogP contribution is 2.59. The molecule has 2 fully saturated rings. The van der Waals surface area contributed by atoms with Gasteiger partial charge in [-0.1, -0.05) is 12.1 Å². The predicted molar refractivity (Wildman–Crippen MR) is 102 cm³/mol. The van der Waals surface area contributed by atoms with Crippen molar-refractivity contribution < 1.29 is 18.0 Å². The van der Waals surface area contributed by atoms with Gasteiger partial charge in [-0.05, 0) is 50.3 Å². The molecule has 3 aliphatic rings. The number of rotatable bonds is 2. The smallest absolute Gasteiger partial charge is 0.370 e. The quantitative estimate of drug-likeness (QED) is 0.827. The molecule has 0 bridgehead atoms. The number of amides is 1. The molecule has 1 aromatic carbocycles. The van der Waals surface area contributed by atoms with Gasteiger partial charge in [0.25, 0.3) is 5.91 Å². The van der Waals surface area contributed by atoms with E-state index in [2.05, 4.69) is 24.3 Å². The molecule has 29 heavy (non-hydrogen) atoms. The lowest BCUT2D eigenvalue weighted by Crippen LogP contribution is -2.37. The van der Waals surface area contributed by atoms with E-state index in [1.54, 1.807) is 18.3 Å². The minimum absolute atomic E-state index is 0.0602. The van der Waals surface area contributed by atoms with Gasteiger partial charge < -0.3 is 10.2 Å². The summed E-state index contributed by atoms with van der Waals surface area (Å²) in [5, 5.41) is 7.74. The topological polar surface area (TPSA) is 50.2 Å². The minimum atomic E-state index is -4.33. The Kier molecular flexibility index (Phi) is 3.68. The summed E-state index contributed by atoms with van der Waals surface area (Å²) in [4.78, 5) is 15.0. The summed E-state index contributed by atoms with van der Waals surface area (Å²) in [7, 11) is 0. The Bertz CT molecular complexity index is 979. The molecule has 2 atom stereocenters. The summed E-state index contributed by atoms with van der Waals surface area (Å²) >= 11 is 0. The molecule has 0 radical (unpaired) electrons. The summed E-state index contributed by atoms with van der Waals surface area (Å²) in [5.41, 5.74) is 0.470. The van der Waals surface area contributed by atoms with Crippen LogP contribution < -0.4 is 5.32 Å². The zero-order valence-corrected chi connectivity index (χ0v) is 16.4. The number of aromatic nitrogens is 2. The number of nitrogens with zero attached hydrogens (tertiary/aromatic N) is 3. The number of alkyl halides is 3. The van der Waals surface area contributed by atoms with Crippen molar-refractivity contribution in [3.05, 3.63) is 47.2 Å². The van der Waals surface area contributed by atoms with Gasteiger partial charge in [0.05, 0.1) is 17.3 Å². The summed E-state index contributed by atoms with van der Waals surface area (Å²) in [6.07, 6.45) is -0.858. The van der Waals surface area contributed by atoms with Crippen LogP contribution in [0.15, 0.2) is 30.5 Å². The van der Waals surface area contributed by atoms with Gasteiger partial charge in [0.15, 0.2) is 0 Å². The zero-order valence-electron chi connectivity index (χ0n) is 16.4. The van der Waals surface area contributed by atoms with Gasteiger partial charge in [0.1, 0.15) is 11.4 Å². The van der Waals surface area contributed by atoms with Crippen molar-refractivity contribution >= 4 is 11.7 Å². The van der Waals surface area contributed by atoms with Crippen molar-refractivity contribution in [2.24, 2.45) is 5.92 Å². The summed E-state index contributed by atoms with van der Waals surface area (Å²) in [6.45, 7) is 6.16. The van der Waals surface area contributed by atoms with Crippen molar-refractivity contribution in [3.63, 3.8) is 0 Å². The molecule has 1 N–H and O–H groups in total. The standard InChI is InChI=1S/C21H23F3N4O/c1-19(2)7-8-25-17-16(10-26-28(17)19)18(29)27-11-15-9-20(15,12-27)13-3-5-14(6-4-13)21(22,23)24/h3-6,10,15,25H,7-9,11-12H2,1-2H3. The third-order valence-corrected chi connectivity index (χ3v) is 6.82. The van der Waals surface area contributed by atoms with Crippen LogP contribution in [0.4, 0.5) is 19.0 Å². The van der Waals surface area contributed by atoms with Gasteiger partial charge in [-0.2, -0.15) is 18.3 Å². The number of benzene rings is 1. The number of nitrogens with one attached hydrogen (secondary N) is 1. The first-order valence-corrected chi connectivity index (χ1v) is 9.91. The van der Waals surface area contributed by atoms with Gasteiger partial charge in [0.2, 0.25) is 0 Å². The van der Waals surface area contributed by atoms with Crippen molar-refractivity contribution in [2.75, 3.05) is 25.0 Å². The number of halogens is 3. The molecule has 2 aromatic rings. The second kappa shape index (κ2) is 5.77. The SMILES string of the molecule is CC1(C)CCNc2c(C(=O)N3CC4CC4(c4ccc(C(F)(F)F)cc4)C3)cnn21. The summed E-state index contributed by atoms with van der Waals surface area (Å²) in [6, 6.07) is 5.43. The third-order valence-electron chi connectivity index (χ3n) is 6.82. The van der Waals surface area contributed by atoms with Crippen molar-refractivity contribution in [3.8, 4) is 0 Å². The molecule has 5 rings (SSSR count). The third kappa shape index (κ3) is 2.75. The number of anilines is 1. The van der Waals surface area contributed by atoms with E-state index in [0.717, 1.165) is 42.9 Å². The molecule has 1 amide bonds. The van der Waals surface area contributed by atoms with E-state index in [4.69, 9.17) is 0 Å². The fourth-order valence-electron chi connectivity index (χ4n) is 4.97. The van der Waals surface area contributed by atoms with Crippen molar-refractivity contribution in [1.29, 1.82) is 0 Å². The lowest BCUT2D eigenvalue weighted by Gasteiger charge is -2.33. The van der Waals surface area contributed by atoms with Crippen LogP contribution in [0.25, 0.3) is 0 Å². The van der Waals surface area contributed by atoms with E-state index in [1.807, 2.05) is 9.58 Å². The highest BCUT2D eigenvalue weighted by molar-refractivity contribution is 5.99. The lowest BCUT2D eigenvalue weighted by atomic mass is 9.94. The van der Waals surface area contributed by atoms with Crippen LogP contribution in [-0.2, 0) is 17.1 Å². The Labute approximate surface area is 166 Å². The first-order chi connectivity index (χ1) is 13.6. The number of carbonyl (C=O) groups excluding carboxylic acids is 1. The maximum absolute atomic E-state index is 13.2. The molecule has 0 spiro atoms. The number of hydrogen-bond donors (Lipinski definition) is 1. The summed E-state index contributed by atoms with van der Waals surface area (Å²) < 4.78 is 40.4. The van der Waals surface area contributed by atoms with Crippen LogP contribution in [0.2, 0.25) is 0 Å². The predicted octanol–water partition coefficient (Wildman–Crippen LogP) is 3.87. The van der Waals surface area contributed by atoms with E-state index in [1.165, 1.54) is 0 Å². The fourth-order valence-corrected chi connectivity index (χ4v) is 4.97. The van der Waals surface area contributed by atoms with Gasteiger partial charge >= 0.3 is 6.18 Å². The van der Waals surface area contributed by atoms with E-state index in [-0.39, 0.29) is 16.9 Å². The van der Waals surface area contributed by atoms with Crippen LogP contribution in [0, 0.1) is 5.92 Å². The molecule has 2 unspecified atom stereocenters. The lowest BCUT2D eigenvalue weighted by molar-refractivity contribution is -0.137. The molecular weight excluding hydrogens is 381 g/mol. The highest BCUT2D eigenvalue weighted by Gasteiger charge is 2.61. The molecule has 8 heteroatoms. The largest absolute Gasteiger partial charge is 0.416 e. The number of fused-ring (bicyclic) bond motifs is 2. The van der Waals surface area contributed by atoms with Crippen molar-refractivity contribution in [2.45, 2.75) is 43.8 Å². The minimum Gasteiger partial charge on any atom is -0.370 e. The molecule has 1 saturated carbocycles. The van der Waals surface area contributed by atoms with Gasteiger partial charge in [-0.25, -0.2) is 4.68 Å². The Morgan fingerprint density at radius 2 is 1.97 bits per heavy atom. The average Bonchev–Trinajstić information content (AvgIpc) is 3.02.